The first-order chi connectivity index (χ1) is 7.58. The van der Waals surface area contributed by atoms with Crippen LogP contribution in [0.3, 0.4) is 0 Å². The van der Waals surface area contributed by atoms with Crippen LogP contribution in [0.15, 0.2) is 34.9 Å². The van der Waals surface area contributed by atoms with E-state index in [-0.39, 0.29) is 0 Å². The van der Waals surface area contributed by atoms with Gasteiger partial charge in [-0.05, 0) is 38.0 Å². The van der Waals surface area contributed by atoms with Gasteiger partial charge in [0, 0.05) is 0 Å². The molecule has 1 aromatic heterocycles. The molecule has 2 aromatic rings. The first-order valence-electron chi connectivity index (χ1n) is 5.38. The molecule has 0 saturated carbocycles. The van der Waals surface area contributed by atoms with Crippen molar-refractivity contribution in [2.45, 2.75) is 26.9 Å². The van der Waals surface area contributed by atoms with Crippen LogP contribution in [0.1, 0.15) is 34.1 Å². The smallest absolute Gasteiger partial charge is 0.139 e. The molecule has 0 aliphatic carbocycles. The summed E-state index contributed by atoms with van der Waals surface area (Å²) in [6.45, 7) is 5.99. The lowest BCUT2D eigenvalue weighted by Crippen LogP contribution is -2.00. The molecule has 0 bridgehead atoms. The van der Waals surface area contributed by atoms with Gasteiger partial charge in [-0.15, -0.1) is 0 Å². The van der Waals surface area contributed by atoms with Crippen LogP contribution in [-0.4, -0.2) is 5.11 Å². The molecule has 2 heteroatoms. The van der Waals surface area contributed by atoms with Gasteiger partial charge in [0.15, 0.2) is 0 Å². The molecular weight excluding hydrogens is 200 g/mol. The van der Waals surface area contributed by atoms with E-state index in [2.05, 4.69) is 6.07 Å². The van der Waals surface area contributed by atoms with Crippen molar-refractivity contribution in [2.75, 3.05) is 0 Å². The van der Waals surface area contributed by atoms with Crippen LogP contribution in [0.4, 0.5) is 0 Å². The Morgan fingerprint density at radius 2 is 1.69 bits per heavy atom. The fraction of sp³-hybridized carbons (Fsp3) is 0.286. The second-order valence-corrected chi connectivity index (χ2v) is 4.29. The van der Waals surface area contributed by atoms with Gasteiger partial charge < -0.3 is 9.52 Å². The summed E-state index contributed by atoms with van der Waals surface area (Å²) in [5.41, 5.74) is 4.17. The molecule has 0 aliphatic heterocycles. The van der Waals surface area contributed by atoms with Crippen molar-refractivity contribution < 1.29 is 9.52 Å². The Kier molecular flexibility index (Phi) is 2.84. The molecule has 1 atom stereocenters. The molecule has 0 aliphatic rings. The zero-order valence-corrected chi connectivity index (χ0v) is 9.82. The molecule has 0 fully saturated rings. The largest absolute Gasteiger partial charge is 0.466 e. The van der Waals surface area contributed by atoms with Crippen molar-refractivity contribution in [3.8, 4) is 0 Å². The van der Waals surface area contributed by atoms with E-state index in [1.165, 1.54) is 0 Å². The highest BCUT2D eigenvalue weighted by molar-refractivity contribution is 5.34. The number of aryl methyl sites for hydroxylation is 3. The van der Waals surface area contributed by atoms with Crippen LogP contribution in [0, 0.1) is 20.8 Å². The molecule has 16 heavy (non-hydrogen) atoms. The highest BCUT2D eigenvalue weighted by Gasteiger charge is 2.16. The molecule has 0 amide bonds. The molecule has 1 unspecified atom stereocenters. The van der Waals surface area contributed by atoms with Crippen LogP contribution in [0.2, 0.25) is 0 Å². The van der Waals surface area contributed by atoms with Crippen LogP contribution in [0.25, 0.3) is 0 Å². The van der Waals surface area contributed by atoms with Gasteiger partial charge >= 0.3 is 0 Å². The van der Waals surface area contributed by atoms with Crippen molar-refractivity contribution in [1.29, 1.82) is 0 Å². The van der Waals surface area contributed by atoms with Gasteiger partial charge in [-0.2, -0.15) is 0 Å². The second-order valence-electron chi connectivity index (χ2n) is 4.29. The number of aliphatic hydroxyl groups excluding tert-OH is 1. The third-order valence-electron chi connectivity index (χ3n) is 2.71. The monoisotopic (exact) mass is 216 g/mol. The summed E-state index contributed by atoms with van der Waals surface area (Å²) in [5.74, 6) is 0.630. The van der Waals surface area contributed by atoms with E-state index in [4.69, 9.17) is 4.42 Å². The zero-order valence-electron chi connectivity index (χ0n) is 9.82. The lowest BCUT2D eigenvalue weighted by Gasteiger charge is -2.11. The summed E-state index contributed by atoms with van der Waals surface area (Å²) < 4.78 is 5.31. The van der Waals surface area contributed by atoms with Crippen LogP contribution >= 0.6 is 0 Å². The normalized spacial score (nSPS) is 12.8. The van der Waals surface area contributed by atoms with Crippen molar-refractivity contribution in [3.05, 3.63) is 58.5 Å². The fourth-order valence-electron chi connectivity index (χ4n) is 1.98. The van der Waals surface area contributed by atoms with Crippen molar-refractivity contribution in [3.63, 3.8) is 0 Å². The van der Waals surface area contributed by atoms with Gasteiger partial charge in [0.1, 0.15) is 11.9 Å². The molecule has 2 rings (SSSR count). The Balaban J connectivity index is 2.41. The minimum absolute atomic E-state index is 0.630. The lowest BCUT2D eigenvalue weighted by molar-refractivity contribution is 0.188. The van der Waals surface area contributed by atoms with Crippen LogP contribution in [-0.2, 0) is 0 Å². The maximum Gasteiger partial charge on any atom is 0.139 e. The maximum absolute atomic E-state index is 10.2. The van der Waals surface area contributed by atoms with E-state index >= 15 is 0 Å². The van der Waals surface area contributed by atoms with E-state index in [0.717, 1.165) is 22.3 Å². The van der Waals surface area contributed by atoms with Crippen LogP contribution in [0.5, 0.6) is 0 Å². The summed E-state index contributed by atoms with van der Waals surface area (Å²) in [5, 5.41) is 10.2. The first-order valence-corrected chi connectivity index (χ1v) is 5.38. The molecule has 1 heterocycles. The van der Waals surface area contributed by atoms with Gasteiger partial charge in [-0.25, -0.2) is 0 Å². The number of hydrogen-bond acceptors (Lipinski definition) is 2. The van der Waals surface area contributed by atoms with Crippen molar-refractivity contribution in [1.82, 2.24) is 0 Å². The lowest BCUT2D eigenvalue weighted by atomic mass is 10.0. The molecule has 0 saturated heterocycles. The Hall–Kier alpha value is -1.54. The number of rotatable bonds is 2. The molecule has 1 N–H and O–H groups in total. The van der Waals surface area contributed by atoms with E-state index < -0.39 is 6.10 Å². The summed E-state index contributed by atoms with van der Waals surface area (Å²) in [6, 6.07) is 7.92. The quantitative estimate of drug-likeness (QED) is 0.835. The standard InChI is InChI=1S/C14H16O2/c1-9-6-10(2)8-12(7-9)13(15)14-11(3)4-5-16-14/h4-8,13,15H,1-3H3. The second kappa shape index (κ2) is 4.14. The van der Waals surface area contributed by atoms with Gasteiger partial charge in [-0.3, -0.25) is 0 Å². The minimum Gasteiger partial charge on any atom is -0.466 e. The molecule has 0 radical (unpaired) electrons. The van der Waals surface area contributed by atoms with E-state index in [1.807, 2.05) is 39.0 Å². The predicted molar refractivity (Wildman–Crippen MR) is 63.4 cm³/mol. The summed E-state index contributed by atoms with van der Waals surface area (Å²) in [4.78, 5) is 0. The van der Waals surface area contributed by atoms with Crippen molar-refractivity contribution >= 4 is 0 Å². The number of benzene rings is 1. The Labute approximate surface area is 95.5 Å². The van der Waals surface area contributed by atoms with Gasteiger partial charge in [0.05, 0.1) is 6.26 Å². The maximum atomic E-state index is 10.2. The molecule has 84 valence electrons. The van der Waals surface area contributed by atoms with E-state index in [9.17, 15) is 5.11 Å². The summed E-state index contributed by atoms with van der Waals surface area (Å²) in [7, 11) is 0. The van der Waals surface area contributed by atoms with E-state index in [0.29, 0.717) is 5.76 Å². The summed E-state index contributed by atoms with van der Waals surface area (Å²) in [6.07, 6.45) is 0.935. The summed E-state index contributed by atoms with van der Waals surface area (Å²) >= 11 is 0. The Bertz CT molecular complexity index is 477. The topological polar surface area (TPSA) is 33.4 Å². The highest BCUT2D eigenvalue weighted by atomic mass is 16.4. The number of furan rings is 1. The minimum atomic E-state index is -0.673. The van der Waals surface area contributed by atoms with Gasteiger partial charge in [0.25, 0.3) is 0 Å². The molecule has 1 aromatic carbocycles. The molecule has 0 spiro atoms. The average Bonchev–Trinajstić information content (AvgIpc) is 2.62. The van der Waals surface area contributed by atoms with Crippen molar-refractivity contribution in [2.24, 2.45) is 0 Å². The SMILES string of the molecule is Cc1cc(C)cc(C(O)c2occc2C)c1. The molecule has 2 nitrogen and oxygen atoms in total. The number of hydrogen-bond donors (Lipinski definition) is 1. The average molecular weight is 216 g/mol. The first kappa shape index (κ1) is 11.0. The predicted octanol–water partition coefficient (Wildman–Crippen LogP) is 3.29. The zero-order chi connectivity index (χ0) is 11.7. The molecular formula is C14H16O2. The Morgan fingerprint density at radius 3 is 2.19 bits per heavy atom. The fourth-order valence-corrected chi connectivity index (χ4v) is 1.98. The van der Waals surface area contributed by atoms with E-state index in [1.54, 1.807) is 6.26 Å². The third-order valence-corrected chi connectivity index (χ3v) is 2.71. The van der Waals surface area contributed by atoms with Gasteiger partial charge in [-0.1, -0.05) is 29.3 Å². The Morgan fingerprint density at radius 1 is 1.06 bits per heavy atom. The number of aliphatic hydroxyl groups is 1. The van der Waals surface area contributed by atoms with Gasteiger partial charge in [0.2, 0.25) is 0 Å². The highest BCUT2D eigenvalue weighted by Crippen LogP contribution is 2.26. The third kappa shape index (κ3) is 2.02. The van der Waals surface area contributed by atoms with Crippen LogP contribution < -0.4 is 0 Å².